The summed E-state index contributed by atoms with van der Waals surface area (Å²) < 4.78 is 2.58. The zero-order valence-corrected chi connectivity index (χ0v) is 13.2. The monoisotopic (exact) mass is 392 g/mol. The molecule has 0 saturated heterocycles. The van der Waals surface area contributed by atoms with Gasteiger partial charge >= 0.3 is 62.1 Å². The van der Waals surface area contributed by atoms with Gasteiger partial charge in [-0.25, -0.2) is 0 Å². The van der Waals surface area contributed by atoms with Gasteiger partial charge in [-0.1, -0.05) is 0 Å². The van der Waals surface area contributed by atoms with Crippen LogP contribution in [0.3, 0.4) is 0 Å². The van der Waals surface area contributed by atoms with E-state index >= 15 is 0 Å². The first-order valence-corrected chi connectivity index (χ1v) is 21.6. The quantitative estimate of drug-likeness (QED) is 0.427. The first kappa shape index (κ1) is 16.0. The second-order valence-corrected chi connectivity index (χ2v) is 59.1. The van der Waals surface area contributed by atoms with E-state index in [-0.39, 0.29) is 0 Å². The molecule has 74 valence electrons. The molecule has 0 unspecified atom stereocenters. The summed E-state index contributed by atoms with van der Waals surface area (Å²) in [5.41, 5.74) is 0. The van der Waals surface area contributed by atoms with Gasteiger partial charge in [-0.2, -0.15) is 0 Å². The molecular weight excluding hydrogens is 387 g/mol. The van der Waals surface area contributed by atoms with Gasteiger partial charge in [-0.05, 0) is 0 Å². The van der Waals surface area contributed by atoms with Crippen molar-refractivity contribution in [1.82, 2.24) is 0 Å². The van der Waals surface area contributed by atoms with Crippen molar-refractivity contribution in [2.45, 2.75) is 0 Å². The molecular formula is C3H9Cl6OSb. The number of hydrogen-bond donors (Lipinski definition) is 0. The van der Waals surface area contributed by atoms with Gasteiger partial charge in [0.15, 0.2) is 0 Å². The van der Waals surface area contributed by atoms with Crippen LogP contribution in [0.1, 0.15) is 0 Å². The maximum absolute atomic E-state index is 5.42. The molecule has 0 amide bonds. The Labute approximate surface area is 86.6 Å². The first-order valence-electron chi connectivity index (χ1n) is 2.24. The predicted molar refractivity (Wildman–Crippen MR) is 59.7 cm³/mol. The number of hydrogen-bond acceptors (Lipinski definition) is 0. The van der Waals surface area contributed by atoms with E-state index in [1.807, 2.05) is 21.3 Å². The summed E-state index contributed by atoms with van der Waals surface area (Å²) in [6, 6.07) is 0. The molecule has 0 aliphatic rings. The number of halogens is 6. The molecule has 0 spiro atoms. The molecule has 0 saturated carbocycles. The zero-order chi connectivity index (χ0) is 9.99. The van der Waals surface area contributed by atoms with Crippen LogP contribution in [0.25, 0.3) is 0 Å². The zero-order valence-electron chi connectivity index (χ0n) is 6.12. The molecule has 11 heavy (non-hydrogen) atoms. The van der Waals surface area contributed by atoms with Crippen molar-refractivity contribution < 1.29 is 4.37 Å². The van der Waals surface area contributed by atoms with Crippen molar-refractivity contribution in [2.24, 2.45) is 0 Å². The summed E-state index contributed by atoms with van der Waals surface area (Å²) in [5, 5.41) is 0. The fourth-order valence-corrected chi connectivity index (χ4v) is 0. The van der Waals surface area contributed by atoms with E-state index in [0.29, 0.717) is 0 Å². The molecule has 8 heteroatoms. The minimum atomic E-state index is -5.42. The van der Waals surface area contributed by atoms with Crippen LogP contribution in [0.5, 0.6) is 0 Å². The van der Waals surface area contributed by atoms with Gasteiger partial charge < -0.3 is 4.37 Å². The summed E-state index contributed by atoms with van der Waals surface area (Å²) in [6.45, 7) is 0. The number of rotatable bonds is 0. The van der Waals surface area contributed by atoms with Crippen LogP contribution < -0.4 is 0 Å². The van der Waals surface area contributed by atoms with E-state index in [0.717, 1.165) is 0 Å². The second-order valence-electron chi connectivity index (χ2n) is 2.18. The molecule has 0 fully saturated rings. The Hall–Kier alpha value is 2.52. The third-order valence-corrected chi connectivity index (χ3v) is 0. The predicted octanol–water partition coefficient (Wildman–Crippen LogP) is 4.18. The van der Waals surface area contributed by atoms with Crippen LogP contribution in [0, 0.1) is 0 Å². The molecule has 1 nitrogen and oxygen atoms in total. The van der Waals surface area contributed by atoms with Gasteiger partial charge in [0.2, 0.25) is 0 Å². The molecule has 0 atom stereocenters. The average Bonchev–Trinajstić information content (AvgIpc) is 1.11. The normalized spacial score (nSPS) is 18.0. The molecule has 0 rings (SSSR count). The van der Waals surface area contributed by atoms with Gasteiger partial charge in [-0.3, -0.25) is 0 Å². The topological polar surface area (TPSA) is 2.70 Å². The summed E-state index contributed by atoms with van der Waals surface area (Å²) >= 11 is 0. The SMILES string of the molecule is C[O+](C)C.[Cl][Sb-]([Cl])([Cl])([Cl])([Cl])[Cl]. The van der Waals surface area contributed by atoms with Crippen LogP contribution in [0.4, 0.5) is 0 Å². The van der Waals surface area contributed by atoms with Gasteiger partial charge in [0.1, 0.15) is 21.3 Å². The first-order chi connectivity index (χ1) is 4.18. The Balaban J connectivity index is 0. The third kappa shape index (κ3) is 218. The van der Waals surface area contributed by atoms with Gasteiger partial charge in [0.25, 0.3) is 0 Å². The molecule has 0 aromatic rings. The Morgan fingerprint density at radius 1 is 0.727 bits per heavy atom. The fraction of sp³-hybridized carbons (Fsp3) is 1.00. The molecule has 0 heterocycles. The summed E-state index contributed by atoms with van der Waals surface area (Å²) in [7, 11) is 30.7. The standard InChI is InChI=1S/C3H9O.6ClH.Sb/c1-4(2)3;;;;;;;/h1-3H3;6*1H;/q+1;;;;;;;+5/p-6. The molecule has 0 aromatic heterocycles. The molecule has 0 radical (unpaired) electrons. The van der Waals surface area contributed by atoms with Crippen molar-refractivity contribution >= 4 is 62.1 Å². The van der Waals surface area contributed by atoms with E-state index in [9.17, 15) is 0 Å². The van der Waals surface area contributed by atoms with Gasteiger partial charge in [0, 0.05) is 0 Å². The average molecular weight is 396 g/mol. The molecule has 0 aliphatic carbocycles. The van der Waals surface area contributed by atoms with Crippen molar-refractivity contribution in [2.75, 3.05) is 21.3 Å². The van der Waals surface area contributed by atoms with Crippen LogP contribution >= 0.6 is 53.0 Å². The Morgan fingerprint density at radius 2 is 0.727 bits per heavy atom. The van der Waals surface area contributed by atoms with Crippen LogP contribution in [-0.2, 0) is 4.37 Å². The van der Waals surface area contributed by atoms with Crippen LogP contribution in [0.2, 0.25) is 0 Å². The van der Waals surface area contributed by atoms with Crippen molar-refractivity contribution in [1.29, 1.82) is 0 Å². The fourth-order valence-electron chi connectivity index (χ4n) is 0. The minimum absolute atomic E-state index is 1.92. The third-order valence-electron chi connectivity index (χ3n) is 0. The molecule has 0 bridgehead atoms. The van der Waals surface area contributed by atoms with Crippen molar-refractivity contribution in [3.63, 3.8) is 0 Å². The summed E-state index contributed by atoms with van der Waals surface area (Å²) in [4.78, 5) is 0. The van der Waals surface area contributed by atoms with Crippen molar-refractivity contribution in [3.05, 3.63) is 0 Å². The van der Waals surface area contributed by atoms with E-state index in [1.54, 1.807) is 0 Å². The molecule has 0 aromatic carbocycles. The summed E-state index contributed by atoms with van der Waals surface area (Å²) in [5.74, 6) is 0. The van der Waals surface area contributed by atoms with E-state index in [2.05, 4.69) is 4.37 Å². The van der Waals surface area contributed by atoms with Gasteiger partial charge in [-0.15, -0.1) is 0 Å². The van der Waals surface area contributed by atoms with E-state index < -0.39 is 9.14 Å². The van der Waals surface area contributed by atoms with E-state index in [4.69, 9.17) is 53.0 Å². The van der Waals surface area contributed by atoms with Gasteiger partial charge in [0.05, 0.1) is 0 Å². The van der Waals surface area contributed by atoms with Crippen molar-refractivity contribution in [3.8, 4) is 0 Å². The summed E-state index contributed by atoms with van der Waals surface area (Å²) in [6.07, 6.45) is 0. The Morgan fingerprint density at radius 3 is 0.727 bits per heavy atom. The molecule has 0 aliphatic heterocycles. The Bertz CT molecular complexity index is 105. The van der Waals surface area contributed by atoms with E-state index in [1.165, 1.54) is 0 Å². The maximum atomic E-state index is 5.06. The molecule has 0 N–H and O–H groups in total. The van der Waals surface area contributed by atoms with Crippen LogP contribution in [-0.4, -0.2) is 30.5 Å². The second kappa shape index (κ2) is 3.94. The van der Waals surface area contributed by atoms with Crippen LogP contribution in [0.15, 0.2) is 0 Å². The Kier molecular flexibility index (Phi) is 5.73.